The normalized spacial score (nSPS) is 12.8. The van der Waals surface area contributed by atoms with Crippen molar-refractivity contribution in [3.05, 3.63) is 93.8 Å². The molecule has 0 bridgehead atoms. The Morgan fingerprint density at radius 2 is 1.79 bits per heavy atom. The van der Waals surface area contributed by atoms with Crippen molar-refractivity contribution in [2.45, 2.75) is 44.4 Å². The molecule has 0 saturated carbocycles. The van der Waals surface area contributed by atoms with Crippen LogP contribution in [0.5, 0.6) is 0 Å². The molecule has 0 saturated heterocycles. The summed E-state index contributed by atoms with van der Waals surface area (Å²) in [7, 11) is -3.45. The lowest BCUT2D eigenvalue weighted by atomic mass is 10.1. The van der Waals surface area contributed by atoms with Crippen LogP contribution in [-0.4, -0.2) is 66.4 Å². The Kier molecular flexibility index (Phi) is 12.7. The maximum atomic E-state index is 13.3. The third-order valence-electron chi connectivity index (χ3n) is 5.89. The molecule has 4 N–H and O–H groups in total. The molecule has 0 aliphatic rings. The van der Waals surface area contributed by atoms with Gasteiger partial charge in [0.05, 0.1) is 0 Å². The number of amides is 3. The monoisotopic (exact) mass is 660 g/mol. The Balaban J connectivity index is 1.57. The van der Waals surface area contributed by atoms with E-state index in [4.69, 9.17) is 4.74 Å². The zero-order valence-corrected chi connectivity index (χ0v) is 25.4. The van der Waals surface area contributed by atoms with Crippen LogP contribution in [0.3, 0.4) is 0 Å². The molecule has 14 heteroatoms. The average molecular weight is 662 g/mol. The van der Waals surface area contributed by atoms with Crippen molar-refractivity contribution in [3.8, 4) is 0 Å². The summed E-state index contributed by atoms with van der Waals surface area (Å²) in [6.45, 7) is 0.491. The van der Waals surface area contributed by atoms with Crippen molar-refractivity contribution in [1.29, 1.82) is 0 Å². The van der Waals surface area contributed by atoms with Gasteiger partial charge in [-0.3, -0.25) is 14.7 Å². The van der Waals surface area contributed by atoms with Gasteiger partial charge in [0.1, 0.15) is 19.0 Å². The molecule has 12 nitrogen and oxygen atoms in total. The number of hydrogen-bond acceptors (Lipinski definition) is 8. The maximum absolute atomic E-state index is 13.3. The predicted octanol–water partition coefficient (Wildman–Crippen LogP) is 3.05. The summed E-state index contributed by atoms with van der Waals surface area (Å²) in [4.78, 5) is 42.2. The summed E-state index contributed by atoms with van der Waals surface area (Å²) in [5.74, 6) is -0.678. The van der Waals surface area contributed by atoms with E-state index < -0.39 is 39.8 Å². The number of benzene rings is 2. The minimum Gasteiger partial charge on any atom is -0.445 e. The fraction of sp³-hybridized carbons (Fsp3) is 0.321. The molecule has 224 valence electrons. The van der Waals surface area contributed by atoms with Gasteiger partial charge in [0.15, 0.2) is 15.7 Å². The second kappa shape index (κ2) is 16.4. The van der Waals surface area contributed by atoms with Gasteiger partial charge in [0.2, 0.25) is 5.91 Å². The van der Waals surface area contributed by atoms with E-state index in [0.717, 1.165) is 21.7 Å². The summed E-state index contributed by atoms with van der Waals surface area (Å²) in [6, 6.07) is 14.3. The van der Waals surface area contributed by atoms with E-state index in [2.05, 4.69) is 47.1 Å². The molecule has 0 radical (unpaired) electrons. The quantitative estimate of drug-likeness (QED) is 0.180. The third-order valence-corrected chi connectivity index (χ3v) is 7.07. The summed E-state index contributed by atoms with van der Waals surface area (Å²) in [5.41, 5.74) is 1.23. The summed E-state index contributed by atoms with van der Waals surface area (Å²) < 4.78 is 29.5. The second-order valence-electron chi connectivity index (χ2n) is 9.41. The number of rotatable bonds is 15. The molecule has 3 aromatic rings. The molecule has 0 fully saturated rings. The standard InChI is InChI=1S/C28H33BrN6O6S/c1-42(39,40)16-14-23(9-5-6-15-30-28(38)41-18-20-7-3-2-4-8-20)33-27(37)24(17-25-31-19-32-35-25)34-26(36)21-10-12-22(29)13-11-21/h2-4,7-8,10-14,16,19,23-24H,5-6,9,15,17-18H2,1H3,(H,30,38)(H,33,37)(H,34,36)(H,31,32,35)/t23-,24?/m0/s1. The van der Waals surface area contributed by atoms with Crippen LogP contribution in [0.15, 0.2) is 76.9 Å². The molecule has 3 amide bonds. The van der Waals surface area contributed by atoms with E-state index in [1.165, 1.54) is 12.4 Å². The number of nitrogens with one attached hydrogen (secondary N) is 4. The van der Waals surface area contributed by atoms with E-state index in [0.29, 0.717) is 37.2 Å². The number of carbonyl (C=O) groups excluding carboxylic acids is 3. The number of sulfone groups is 1. The van der Waals surface area contributed by atoms with E-state index >= 15 is 0 Å². The largest absolute Gasteiger partial charge is 0.445 e. The van der Waals surface area contributed by atoms with Crippen LogP contribution in [0.4, 0.5) is 4.79 Å². The molecule has 1 aromatic heterocycles. The van der Waals surface area contributed by atoms with Gasteiger partial charge in [-0.1, -0.05) is 52.3 Å². The molecule has 1 heterocycles. The van der Waals surface area contributed by atoms with Gasteiger partial charge in [-0.25, -0.2) is 18.2 Å². The lowest BCUT2D eigenvalue weighted by Crippen LogP contribution is -2.50. The third kappa shape index (κ3) is 12.2. The zero-order chi connectivity index (χ0) is 30.4. The van der Waals surface area contributed by atoms with Gasteiger partial charge >= 0.3 is 6.09 Å². The number of H-pyrrole nitrogens is 1. The minimum atomic E-state index is -3.45. The van der Waals surface area contributed by atoms with Gasteiger partial charge in [-0.15, -0.1) is 0 Å². The molecule has 1 unspecified atom stereocenters. The molecule has 3 rings (SSSR count). The van der Waals surface area contributed by atoms with Gasteiger partial charge in [-0.2, -0.15) is 5.10 Å². The van der Waals surface area contributed by atoms with E-state index in [1.54, 1.807) is 24.3 Å². The highest BCUT2D eigenvalue weighted by Crippen LogP contribution is 2.11. The Bertz CT molecular complexity index is 1430. The summed E-state index contributed by atoms with van der Waals surface area (Å²) in [6.07, 6.45) is 4.77. The van der Waals surface area contributed by atoms with Crippen LogP contribution in [0.1, 0.15) is 41.0 Å². The Labute approximate surface area is 252 Å². The van der Waals surface area contributed by atoms with Crippen molar-refractivity contribution >= 4 is 43.7 Å². The maximum Gasteiger partial charge on any atom is 0.407 e. The number of halogens is 1. The predicted molar refractivity (Wildman–Crippen MR) is 160 cm³/mol. The van der Waals surface area contributed by atoms with E-state index in [1.807, 2.05) is 30.3 Å². The van der Waals surface area contributed by atoms with Gasteiger partial charge in [0, 0.05) is 40.7 Å². The topological polar surface area (TPSA) is 172 Å². The first-order chi connectivity index (χ1) is 20.1. The van der Waals surface area contributed by atoms with Crippen LogP contribution >= 0.6 is 15.9 Å². The smallest absolute Gasteiger partial charge is 0.407 e. The number of nitrogens with zero attached hydrogens (tertiary/aromatic N) is 2. The molecule has 0 aliphatic heterocycles. The first-order valence-electron chi connectivity index (χ1n) is 13.1. The lowest BCUT2D eigenvalue weighted by molar-refractivity contribution is -0.123. The molecule has 0 spiro atoms. The highest BCUT2D eigenvalue weighted by Gasteiger charge is 2.25. The molecule has 0 aliphatic carbocycles. The average Bonchev–Trinajstić information content (AvgIpc) is 3.47. The van der Waals surface area contributed by atoms with Crippen LogP contribution in [-0.2, 0) is 32.4 Å². The van der Waals surface area contributed by atoms with Crippen molar-refractivity contribution in [1.82, 2.24) is 31.1 Å². The fourth-order valence-electron chi connectivity index (χ4n) is 3.76. The van der Waals surface area contributed by atoms with Gasteiger partial charge in [-0.05, 0) is 49.1 Å². The van der Waals surface area contributed by atoms with Crippen LogP contribution in [0.25, 0.3) is 0 Å². The number of aromatic amines is 1. The molecular weight excluding hydrogens is 628 g/mol. The molecule has 2 atom stereocenters. The molecular formula is C28H33BrN6O6S. The van der Waals surface area contributed by atoms with E-state index in [-0.39, 0.29) is 13.0 Å². The zero-order valence-electron chi connectivity index (χ0n) is 23.0. The summed E-state index contributed by atoms with van der Waals surface area (Å²) in [5, 5.41) is 15.8. The van der Waals surface area contributed by atoms with Crippen molar-refractivity contribution in [2.75, 3.05) is 12.8 Å². The first-order valence-corrected chi connectivity index (χ1v) is 15.9. The Hall–Kier alpha value is -4.04. The Morgan fingerprint density at radius 3 is 2.45 bits per heavy atom. The molecule has 42 heavy (non-hydrogen) atoms. The van der Waals surface area contributed by atoms with Crippen LogP contribution < -0.4 is 16.0 Å². The van der Waals surface area contributed by atoms with Crippen molar-refractivity contribution in [3.63, 3.8) is 0 Å². The van der Waals surface area contributed by atoms with Gasteiger partial charge < -0.3 is 20.7 Å². The van der Waals surface area contributed by atoms with Crippen molar-refractivity contribution < 1.29 is 27.5 Å². The fourth-order valence-corrected chi connectivity index (χ4v) is 4.50. The number of carbonyl (C=O) groups is 3. The number of alkyl carbamates (subject to hydrolysis) is 1. The van der Waals surface area contributed by atoms with E-state index in [9.17, 15) is 22.8 Å². The molecule has 2 aromatic carbocycles. The summed E-state index contributed by atoms with van der Waals surface area (Å²) >= 11 is 3.33. The number of hydrogen-bond donors (Lipinski definition) is 4. The van der Waals surface area contributed by atoms with Crippen LogP contribution in [0, 0.1) is 0 Å². The van der Waals surface area contributed by atoms with Crippen molar-refractivity contribution in [2.24, 2.45) is 0 Å². The highest BCUT2D eigenvalue weighted by molar-refractivity contribution is 9.10. The number of aromatic nitrogens is 3. The van der Waals surface area contributed by atoms with Crippen LogP contribution in [0.2, 0.25) is 0 Å². The number of unbranched alkanes of at least 4 members (excludes halogenated alkanes) is 1. The SMILES string of the molecule is CS(=O)(=O)C=C[C@H](CCCCNC(=O)OCc1ccccc1)NC(=O)C(Cc1nc[nH]n1)NC(=O)c1ccc(Br)cc1. The number of ether oxygens (including phenoxy) is 1. The first kappa shape index (κ1) is 32.5. The second-order valence-corrected chi connectivity index (χ2v) is 12.3. The lowest BCUT2D eigenvalue weighted by Gasteiger charge is -2.21. The highest BCUT2D eigenvalue weighted by atomic mass is 79.9. The minimum absolute atomic E-state index is 0.00905. The van der Waals surface area contributed by atoms with Gasteiger partial charge in [0.25, 0.3) is 5.91 Å². The Morgan fingerprint density at radius 1 is 1.05 bits per heavy atom.